The van der Waals surface area contributed by atoms with Crippen molar-refractivity contribution in [1.29, 1.82) is 0 Å². The minimum absolute atomic E-state index is 0.608. The Hall–Kier alpha value is -14.9. The summed E-state index contributed by atoms with van der Waals surface area (Å²) in [5, 5.41) is 0. The summed E-state index contributed by atoms with van der Waals surface area (Å²) in [5.74, 6) is 5.10. The molecule has 12 aromatic carbocycles. The third-order valence-electron chi connectivity index (χ3n) is 18.5. The Kier molecular flexibility index (Phi) is 19.0. The quantitative estimate of drug-likeness (QED) is 0.0904. The summed E-state index contributed by atoms with van der Waals surface area (Å²) in [4.78, 5) is 58.1. The average molecular weight is 1390 g/mol. The Balaban J connectivity index is 0.000000158. The fourth-order valence-electron chi connectivity index (χ4n) is 12.9. The molecule has 0 spiro atoms. The third kappa shape index (κ3) is 15.1. The van der Waals surface area contributed by atoms with Gasteiger partial charge in [-0.3, -0.25) is 9.97 Å². The average Bonchev–Trinajstić information content (AvgIpc) is 0.818. The van der Waals surface area contributed by atoms with Crippen LogP contribution in [-0.4, -0.2) is 59.8 Å². The van der Waals surface area contributed by atoms with Crippen molar-refractivity contribution >= 4 is 0 Å². The van der Waals surface area contributed by atoms with Crippen LogP contribution in [0.4, 0.5) is 0 Å². The molecule has 0 amide bonds. The second kappa shape index (κ2) is 31.0. The standard InChI is InChI=1S/2C48H32N6/c1-4-12-35(13-5-1)43-32-44(51-45(50-43)36-14-6-2-7-15-36)41-20-10-18-39(30-41)33-22-24-38(25-23-33)47-52-46(37-16-8-3-9-17-37)53-48(54-47)42-21-11-19-40(31-42)34-26-28-49-29-27-34;1-4-12-35(13-5-1)43-31-44(51-45(50-43)38-27-23-34(24-28-38)42-20-11-29-49-32-42)41-19-10-18-40(30-41)33-21-25-39(26-22-33)48-53-46(36-14-6-2-7-15-36)52-47(54-48)37-16-8-3-9-17-37/h2*1-32H. The Morgan fingerprint density at radius 1 is 0.120 bits per heavy atom. The highest BCUT2D eigenvalue weighted by Gasteiger charge is 2.19. The Morgan fingerprint density at radius 2 is 0.352 bits per heavy atom. The van der Waals surface area contributed by atoms with Crippen LogP contribution in [0.1, 0.15) is 0 Å². The molecule has 0 aliphatic carbocycles. The van der Waals surface area contributed by atoms with E-state index in [1.165, 1.54) is 0 Å². The van der Waals surface area contributed by atoms with E-state index in [9.17, 15) is 0 Å². The number of nitrogens with zero attached hydrogens (tertiary/aromatic N) is 12. The first-order valence-corrected chi connectivity index (χ1v) is 35.5. The first-order chi connectivity index (χ1) is 53.5. The largest absolute Gasteiger partial charge is 0.265 e. The second-order valence-electron chi connectivity index (χ2n) is 25.7. The van der Waals surface area contributed by atoms with E-state index in [0.717, 1.165) is 134 Å². The molecule has 0 unspecified atom stereocenters. The topological polar surface area (TPSA) is 155 Å². The molecule has 0 bridgehead atoms. The fraction of sp³-hybridized carbons (Fsp3) is 0. The predicted octanol–water partition coefficient (Wildman–Crippen LogP) is 22.8. The summed E-state index contributed by atoms with van der Waals surface area (Å²) in [5.41, 5.74) is 23.6. The summed E-state index contributed by atoms with van der Waals surface area (Å²) in [6.45, 7) is 0. The lowest BCUT2D eigenvalue weighted by atomic mass is 9.99. The first-order valence-electron chi connectivity index (χ1n) is 35.5. The van der Waals surface area contributed by atoms with Crippen molar-refractivity contribution in [3.05, 3.63) is 389 Å². The molecule has 12 heteroatoms. The molecule has 508 valence electrons. The van der Waals surface area contributed by atoms with Gasteiger partial charge in [-0.2, -0.15) is 0 Å². The van der Waals surface area contributed by atoms with Crippen LogP contribution in [0.2, 0.25) is 0 Å². The Labute approximate surface area is 625 Å². The maximum Gasteiger partial charge on any atom is 0.164 e. The second-order valence-corrected chi connectivity index (χ2v) is 25.7. The third-order valence-corrected chi connectivity index (χ3v) is 18.5. The molecule has 0 fully saturated rings. The van der Waals surface area contributed by atoms with E-state index >= 15 is 0 Å². The molecular formula is C96H64N12. The minimum Gasteiger partial charge on any atom is -0.265 e. The van der Waals surface area contributed by atoms with E-state index in [4.69, 9.17) is 49.8 Å². The normalized spacial score (nSPS) is 11.0. The van der Waals surface area contributed by atoms with E-state index < -0.39 is 0 Å². The van der Waals surface area contributed by atoms with Gasteiger partial charge >= 0.3 is 0 Å². The Morgan fingerprint density at radius 3 is 0.685 bits per heavy atom. The van der Waals surface area contributed by atoms with Gasteiger partial charge in [-0.15, -0.1) is 0 Å². The lowest BCUT2D eigenvalue weighted by Gasteiger charge is -2.11. The van der Waals surface area contributed by atoms with Gasteiger partial charge in [0.1, 0.15) is 0 Å². The van der Waals surface area contributed by atoms with Crippen LogP contribution in [0.25, 0.3) is 181 Å². The molecule has 0 aliphatic heterocycles. The van der Waals surface area contributed by atoms with E-state index in [0.29, 0.717) is 46.6 Å². The van der Waals surface area contributed by atoms with Crippen molar-refractivity contribution in [2.75, 3.05) is 0 Å². The molecule has 18 rings (SSSR count). The van der Waals surface area contributed by atoms with Crippen molar-refractivity contribution in [1.82, 2.24) is 59.8 Å². The van der Waals surface area contributed by atoms with Gasteiger partial charge < -0.3 is 0 Å². The number of hydrogen-bond acceptors (Lipinski definition) is 12. The fourth-order valence-corrected chi connectivity index (χ4v) is 12.9. The van der Waals surface area contributed by atoms with Gasteiger partial charge in [0.25, 0.3) is 0 Å². The Bertz CT molecular complexity index is 5960. The van der Waals surface area contributed by atoms with Crippen LogP contribution in [0.15, 0.2) is 389 Å². The highest BCUT2D eigenvalue weighted by Crippen LogP contribution is 2.36. The molecule has 6 heterocycles. The molecule has 0 saturated heterocycles. The van der Waals surface area contributed by atoms with Gasteiger partial charge in [0, 0.05) is 91.5 Å². The van der Waals surface area contributed by atoms with Crippen LogP contribution in [-0.2, 0) is 0 Å². The number of rotatable bonds is 16. The SMILES string of the molecule is c1ccc(-c2cc(-c3cccc(-c4ccc(-c5nc(-c6ccccc6)nc(-c6cccc(-c7ccncc7)c6)n5)cc4)c3)nc(-c3ccccc3)n2)cc1.c1ccc(-c2cc(-c3cccc(-c4ccc(-c5nc(-c6ccccc6)nc(-c6ccccc6)n5)cc4)c3)nc(-c3ccc(-c4cccnc4)cc3)n2)cc1. The van der Waals surface area contributed by atoms with Crippen molar-refractivity contribution in [2.45, 2.75) is 0 Å². The molecule has 0 atom stereocenters. The van der Waals surface area contributed by atoms with Gasteiger partial charge in [-0.05, 0) is 93.0 Å². The lowest BCUT2D eigenvalue weighted by Crippen LogP contribution is -2.00. The zero-order chi connectivity index (χ0) is 72.2. The molecule has 0 aliphatic rings. The van der Waals surface area contributed by atoms with Crippen molar-refractivity contribution < 1.29 is 0 Å². The summed E-state index contributed by atoms with van der Waals surface area (Å²) >= 11 is 0. The smallest absolute Gasteiger partial charge is 0.164 e. The zero-order valence-electron chi connectivity index (χ0n) is 58.3. The molecule has 18 aromatic rings. The van der Waals surface area contributed by atoms with Crippen molar-refractivity contribution in [2.24, 2.45) is 0 Å². The summed E-state index contributed by atoms with van der Waals surface area (Å²) in [6, 6.07) is 123. The summed E-state index contributed by atoms with van der Waals surface area (Å²) in [7, 11) is 0. The monoisotopic (exact) mass is 1380 g/mol. The molecular weight excluding hydrogens is 1320 g/mol. The maximum absolute atomic E-state index is 5.11. The van der Waals surface area contributed by atoms with Gasteiger partial charge in [0.15, 0.2) is 46.6 Å². The van der Waals surface area contributed by atoms with E-state index in [2.05, 4.69) is 186 Å². The molecule has 0 saturated carbocycles. The highest BCUT2D eigenvalue weighted by molar-refractivity contribution is 5.81. The van der Waals surface area contributed by atoms with Gasteiger partial charge in [0.05, 0.1) is 22.8 Å². The summed E-state index contributed by atoms with van der Waals surface area (Å²) in [6.07, 6.45) is 7.26. The number of hydrogen-bond donors (Lipinski definition) is 0. The molecule has 0 N–H and O–H groups in total. The van der Waals surface area contributed by atoms with E-state index in [1.54, 1.807) is 18.6 Å². The number of benzene rings is 12. The van der Waals surface area contributed by atoms with Gasteiger partial charge in [0.2, 0.25) is 0 Å². The van der Waals surface area contributed by atoms with Crippen LogP contribution < -0.4 is 0 Å². The number of pyridine rings is 2. The predicted molar refractivity (Wildman–Crippen MR) is 433 cm³/mol. The minimum atomic E-state index is 0.608. The molecule has 0 radical (unpaired) electrons. The van der Waals surface area contributed by atoms with Crippen molar-refractivity contribution in [3.8, 4) is 181 Å². The summed E-state index contributed by atoms with van der Waals surface area (Å²) < 4.78 is 0. The van der Waals surface area contributed by atoms with E-state index in [-0.39, 0.29) is 0 Å². The first kappa shape index (κ1) is 66.4. The van der Waals surface area contributed by atoms with Crippen LogP contribution >= 0.6 is 0 Å². The van der Waals surface area contributed by atoms with Crippen LogP contribution in [0.5, 0.6) is 0 Å². The van der Waals surface area contributed by atoms with Gasteiger partial charge in [-0.1, -0.05) is 315 Å². The highest BCUT2D eigenvalue weighted by atomic mass is 15.0. The van der Waals surface area contributed by atoms with Crippen molar-refractivity contribution in [3.63, 3.8) is 0 Å². The van der Waals surface area contributed by atoms with E-state index in [1.807, 2.05) is 194 Å². The number of aromatic nitrogens is 12. The van der Waals surface area contributed by atoms with Gasteiger partial charge in [-0.25, -0.2) is 49.8 Å². The maximum atomic E-state index is 5.11. The molecule has 6 aromatic heterocycles. The van der Waals surface area contributed by atoms with Crippen LogP contribution in [0, 0.1) is 0 Å². The molecule has 12 nitrogen and oxygen atoms in total. The van der Waals surface area contributed by atoms with Crippen LogP contribution in [0.3, 0.4) is 0 Å². The molecule has 108 heavy (non-hydrogen) atoms. The zero-order valence-corrected chi connectivity index (χ0v) is 58.3. The lowest BCUT2D eigenvalue weighted by molar-refractivity contribution is 1.07.